The van der Waals surface area contributed by atoms with Crippen molar-refractivity contribution >= 4 is 5.91 Å². The number of nitrogens with one attached hydrogen (secondary N) is 1. The normalized spacial score (nSPS) is 28.7. The van der Waals surface area contributed by atoms with Crippen LogP contribution in [0.2, 0.25) is 0 Å². The molecule has 2 saturated heterocycles. The summed E-state index contributed by atoms with van der Waals surface area (Å²) in [6.07, 6.45) is 1.83. The van der Waals surface area contributed by atoms with Crippen LogP contribution in [0.25, 0.3) is 0 Å². The first-order valence-electron chi connectivity index (χ1n) is 6.94. The van der Waals surface area contributed by atoms with Crippen LogP contribution in [0.1, 0.15) is 29.9 Å². The van der Waals surface area contributed by atoms with Gasteiger partial charge in [-0.05, 0) is 32.6 Å². The van der Waals surface area contributed by atoms with Crippen LogP contribution >= 0.6 is 0 Å². The Kier molecular flexibility index (Phi) is 2.71. The van der Waals surface area contributed by atoms with Crippen molar-refractivity contribution < 1.29 is 4.79 Å². The monoisotopic (exact) mass is 262 g/mol. The largest absolute Gasteiger partial charge is 0.333 e. The lowest BCUT2D eigenvalue weighted by atomic mass is 9.84. The summed E-state index contributed by atoms with van der Waals surface area (Å²) in [5, 5.41) is 7.72. The summed E-state index contributed by atoms with van der Waals surface area (Å²) in [4.78, 5) is 14.8. The first kappa shape index (κ1) is 12.7. The minimum Gasteiger partial charge on any atom is -0.333 e. The van der Waals surface area contributed by atoms with Gasteiger partial charge in [0.15, 0.2) is 0 Å². The Morgan fingerprint density at radius 3 is 2.79 bits per heavy atom. The zero-order valence-electron chi connectivity index (χ0n) is 12.1. The Morgan fingerprint density at radius 2 is 2.21 bits per heavy atom. The molecule has 3 heterocycles. The quantitative estimate of drug-likeness (QED) is 0.814. The second-order valence-corrected chi connectivity index (χ2v) is 6.40. The number of hydrogen-bond donors (Lipinski definition) is 1. The number of rotatable bonds is 1. The van der Waals surface area contributed by atoms with E-state index in [2.05, 4.69) is 24.3 Å². The second-order valence-electron chi connectivity index (χ2n) is 6.40. The number of carbonyl (C=O) groups is 1. The Bertz CT molecular complexity index is 520. The molecule has 2 fully saturated rings. The zero-order chi connectivity index (χ0) is 13.8. The van der Waals surface area contributed by atoms with E-state index in [-0.39, 0.29) is 11.4 Å². The fourth-order valence-electron chi connectivity index (χ4n) is 3.72. The van der Waals surface area contributed by atoms with Gasteiger partial charge in [0.2, 0.25) is 0 Å². The maximum atomic E-state index is 12.8. The van der Waals surface area contributed by atoms with Gasteiger partial charge in [0.1, 0.15) is 0 Å². The van der Waals surface area contributed by atoms with Crippen LogP contribution in [-0.2, 0) is 7.05 Å². The molecule has 3 rings (SSSR count). The third-order valence-electron chi connectivity index (χ3n) is 4.85. The summed E-state index contributed by atoms with van der Waals surface area (Å²) in [6, 6.07) is 0. The lowest BCUT2D eigenvalue weighted by Crippen LogP contribution is -2.47. The molecule has 0 bridgehead atoms. The molecule has 1 aromatic heterocycles. The van der Waals surface area contributed by atoms with Gasteiger partial charge < -0.3 is 10.2 Å². The molecule has 1 N–H and O–H groups in total. The van der Waals surface area contributed by atoms with Crippen molar-refractivity contribution in [3.8, 4) is 0 Å². The molecule has 0 saturated carbocycles. The van der Waals surface area contributed by atoms with Crippen molar-refractivity contribution in [3.05, 3.63) is 17.5 Å². The number of aryl methyl sites for hydroxylation is 2. The maximum Gasteiger partial charge on any atom is 0.257 e. The molecule has 0 aromatic carbocycles. The molecule has 0 radical (unpaired) electrons. The lowest BCUT2D eigenvalue weighted by molar-refractivity contribution is 0.0602. The summed E-state index contributed by atoms with van der Waals surface area (Å²) < 4.78 is 1.72. The predicted molar refractivity (Wildman–Crippen MR) is 72.9 cm³/mol. The summed E-state index contributed by atoms with van der Waals surface area (Å²) in [7, 11) is 1.86. The van der Waals surface area contributed by atoms with E-state index in [0.29, 0.717) is 11.8 Å². The van der Waals surface area contributed by atoms with Gasteiger partial charge in [0.25, 0.3) is 5.91 Å². The third-order valence-corrected chi connectivity index (χ3v) is 4.85. The number of hydrogen-bond acceptors (Lipinski definition) is 3. The van der Waals surface area contributed by atoms with E-state index in [0.717, 1.165) is 30.9 Å². The SMILES string of the molecule is Cc1nn(C)cc1C(=O)N1CC2CNCC2C1(C)C. The first-order chi connectivity index (χ1) is 8.91. The van der Waals surface area contributed by atoms with Crippen LogP contribution in [0.15, 0.2) is 6.20 Å². The molecule has 0 aliphatic carbocycles. The smallest absolute Gasteiger partial charge is 0.257 e. The highest BCUT2D eigenvalue weighted by atomic mass is 16.2. The number of likely N-dealkylation sites (tertiary alicyclic amines) is 1. The minimum atomic E-state index is -0.0759. The first-order valence-corrected chi connectivity index (χ1v) is 6.94. The van der Waals surface area contributed by atoms with Crippen molar-refractivity contribution in [3.63, 3.8) is 0 Å². The van der Waals surface area contributed by atoms with E-state index in [9.17, 15) is 4.79 Å². The predicted octanol–water partition coefficient (Wildman–Crippen LogP) is 0.799. The lowest BCUT2D eigenvalue weighted by Gasteiger charge is -2.35. The van der Waals surface area contributed by atoms with E-state index >= 15 is 0 Å². The van der Waals surface area contributed by atoms with Crippen LogP contribution in [-0.4, -0.2) is 45.8 Å². The van der Waals surface area contributed by atoms with E-state index in [1.165, 1.54) is 0 Å². The highest BCUT2D eigenvalue weighted by Gasteiger charge is 2.51. The van der Waals surface area contributed by atoms with Crippen LogP contribution in [0.3, 0.4) is 0 Å². The van der Waals surface area contributed by atoms with Crippen molar-refractivity contribution in [1.29, 1.82) is 0 Å². The molecule has 5 heteroatoms. The Labute approximate surface area is 114 Å². The number of nitrogens with zero attached hydrogens (tertiary/aromatic N) is 3. The number of amides is 1. The highest BCUT2D eigenvalue weighted by Crippen LogP contribution is 2.41. The zero-order valence-corrected chi connectivity index (χ0v) is 12.1. The summed E-state index contributed by atoms with van der Waals surface area (Å²) >= 11 is 0. The molecule has 1 aromatic rings. The van der Waals surface area contributed by atoms with Crippen molar-refractivity contribution in [2.45, 2.75) is 26.3 Å². The van der Waals surface area contributed by atoms with Crippen molar-refractivity contribution in [2.75, 3.05) is 19.6 Å². The Morgan fingerprint density at radius 1 is 1.47 bits per heavy atom. The Balaban J connectivity index is 1.91. The van der Waals surface area contributed by atoms with Gasteiger partial charge in [-0.1, -0.05) is 0 Å². The molecular weight excluding hydrogens is 240 g/mol. The highest BCUT2D eigenvalue weighted by molar-refractivity contribution is 5.95. The van der Waals surface area contributed by atoms with Gasteiger partial charge >= 0.3 is 0 Å². The molecule has 5 nitrogen and oxygen atoms in total. The summed E-state index contributed by atoms with van der Waals surface area (Å²) in [6.45, 7) is 9.19. The van der Waals surface area contributed by atoms with Crippen LogP contribution in [0.5, 0.6) is 0 Å². The molecule has 19 heavy (non-hydrogen) atoms. The Hall–Kier alpha value is -1.36. The fraction of sp³-hybridized carbons (Fsp3) is 0.714. The van der Waals surface area contributed by atoms with Gasteiger partial charge in [-0.2, -0.15) is 5.10 Å². The molecule has 2 aliphatic heterocycles. The van der Waals surface area contributed by atoms with Gasteiger partial charge in [-0.3, -0.25) is 9.48 Å². The van der Waals surface area contributed by atoms with E-state index in [4.69, 9.17) is 0 Å². The molecule has 0 spiro atoms. The van der Waals surface area contributed by atoms with E-state index in [1.807, 2.05) is 25.1 Å². The average molecular weight is 262 g/mol. The van der Waals surface area contributed by atoms with E-state index in [1.54, 1.807) is 4.68 Å². The molecule has 2 atom stereocenters. The third kappa shape index (κ3) is 1.79. The summed E-state index contributed by atoms with van der Waals surface area (Å²) in [5.74, 6) is 1.29. The van der Waals surface area contributed by atoms with Gasteiger partial charge in [0, 0.05) is 38.4 Å². The number of aromatic nitrogens is 2. The minimum absolute atomic E-state index is 0.0759. The maximum absolute atomic E-state index is 12.8. The van der Waals surface area contributed by atoms with Crippen molar-refractivity contribution in [1.82, 2.24) is 20.0 Å². The van der Waals surface area contributed by atoms with Crippen molar-refractivity contribution in [2.24, 2.45) is 18.9 Å². The van der Waals surface area contributed by atoms with Gasteiger partial charge in [-0.15, -0.1) is 0 Å². The van der Waals surface area contributed by atoms with Crippen LogP contribution in [0, 0.1) is 18.8 Å². The van der Waals surface area contributed by atoms with Crippen LogP contribution < -0.4 is 5.32 Å². The van der Waals surface area contributed by atoms with Gasteiger partial charge in [-0.25, -0.2) is 0 Å². The molecule has 104 valence electrons. The number of fused-ring (bicyclic) bond motifs is 1. The standard InChI is InChI=1S/C14H22N4O/c1-9-11(8-17(4)16-9)13(19)18-7-10-5-15-6-12(10)14(18,2)3/h8,10,12,15H,5-7H2,1-4H3. The summed E-state index contributed by atoms with van der Waals surface area (Å²) in [5.41, 5.74) is 1.48. The van der Waals surface area contributed by atoms with Crippen LogP contribution in [0.4, 0.5) is 0 Å². The molecular formula is C14H22N4O. The number of carbonyl (C=O) groups excluding carboxylic acids is 1. The average Bonchev–Trinajstić information content (AvgIpc) is 2.96. The molecule has 2 aliphatic rings. The van der Waals surface area contributed by atoms with E-state index < -0.39 is 0 Å². The topological polar surface area (TPSA) is 50.2 Å². The fourth-order valence-corrected chi connectivity index (χ4v) is 3.72. The van der Waals surface area contributed by atoms with Gasteiger partial charge in [0.05, 0.1) is 11.3 Å². The second kappa shape index (κ2) is 4.07. The molecule has 2 unspecified atom stereocenters. The molecule has 1 amide bonds.